The summed E-state index contributed by atoms with van der Waals surface area (Å²) in [5.41, 5.74) is 1.99. The molecule has 34 heteroatoms. The van der Waals surface area contributed by atoms with Crippen molar-refractivity contribution < 1.29 is 90.1 Å². The minimum Gasteiger partial charge on any atom is -0.505 e. The van der Waals surface area contributed by atoms with Gasteiger partial charge in [0.2, 0.25) is 41.3 Å². The zero-order chi connectivity index (χ0) is 87.7. The largest absolute Gasteiger partial charge is 0.505 e. The van der Waals surface area contributed by atoms with Gasteiger partial charge in [-0.3, -0.25) is 47.9 Å². The van der Waals surface area contributed by atoms with Crippen LogP contribution < -0.4 is 26.2 Å². The lowest BCUT2D eigenvalue weighted by Gasteiger charge is -2.45. The van der Waals surface area contributed by atoms with E-state index in [0.29, 0.717) is 42.0 Å². The summed E-state index contributed by atoms with van der Waals surface area (Å²) >= 11 is 1.73. The predicted octanol–water partition coefficient (Wildman–Crippen LogP) is 4.59. The number of Topliss-reactive ketones (excluding diaryl/α,β-unsaturated/α-hetero) is 2. The second-order valence-corrected chi connectivity index (χ2v) is 36.4. The van der Waals surface area contributed by atoms with Gasteiger partial charge < -0.3 is 79.7 Å². The van der Waals surface area contributed by atoms with Crippen molar-refractivity contribution in [1.82, 2.24) is 60.6 Å². The first-order chi connectivity index (χ1) is 57.7. The number of cyclic esters (lactones) is 2. The lowest BCUT2D eigenvalue weighted by atomic mass is 9.88. The van der Waals surface area contributed by atoms with E-state index in [1.807, 2.05) is 75.9 Å². The van der Waals surface area contributed by atoms with Gasteiger partial charge in [-0.15, -0.1) is 0 Å². The summed E-state index contributed by atoms with van der Waals surface area (Å²) in [5.74, 6) is -9.05. The third-order valence-corrected chi connectivity index (χ3v) is 27.5. The minimum atomic E-state index is -3.87. The number of aliphatic hydroxyl groups is 1. The van der Waals surface area contributed by atoms with Crippen molar-refractivity contribution >= 4 is 98.0 Å². The number of carbonyl (C=O) groups excluding carboxylic acids is 12. The second kappa shape index (κ2) is 42.6. The molecule has 14 atom stereocenters. The molecule has 2 aromatic carbocycles. The van der Waals surface area contributed by atoms with Crippen LogP contribution in [0.25, 0.3) is 0 Å². The van der Waals surface area contributed by atoms with E-state index < -0.39 is 152 Å². The number of anilines is 1. The van der Waals surface area contributed by atoms with E-state index >= 15 is 14.4 Å². The third-order valence-electron chi connectivity index (χ3n) is 23.8. The molecule has 0 aliphatic carbocycles. The number of aliphatic hydroxyl groups excluding tert-OH is 1. The lowest BCUT2D eigenvalue weighted by Crippen LogP contribution is -2.63. The number of oxazole rings is 1. The Bertz CT molecular complexity index is 4590. The van der Waals surface area contributed by atoms with Crippen LogP contribution in [-0.2, 0) is 80.1 Å². The number of nitrogens with zero attached hydrogens (tertiary/aromatic N) is 9. The highest BCUT2D eigenvalue weighted by atomic mass is 32.2. The molecule has 32 nitrogen and oxygen atoms in total. The van der Waals surface area contributed by atoms with Gasteiger partial charge in [0.15, 0.2) is 27.3 Å². The van der Waals surface area contributed by atoms with E-state index in [-0.39, 0.29) is 124 Å². The quantitative estimate of drug-likeness (QED) is 0.0787. The predicted molar refractivity (Wildman–Crippen MR) is 452 cm³/mol. The van der Waals surface area contributed by atoms with Gasteiger partial charge in [0.05, 0.1) is 23.5 Å². The maximum absolute atomic E-state index is 15.7. The number of rotatable bonds is 17. The van der Waals surface area contributed by atoms with Gasteiger partial charge in [-0.2, -0.15) is 11.8 Å². The number of sulfone groups is 1. The number of esters is 2. The number of piperidine rings is 4. The standard InChI is InChI=1S/C53H67N9O10S.C34H50N4O9S/c1-6-37-50(68)61-23-11-14-38(61)51(69)59(5)40(26-32-16-18-36(19-17-32)58(3)4)52(70)62-28-35(30-73-43-29-60-24-20-33(43)21-25-60)42(64)27-39(62)47(65)57-45(34-12-8-7-9-13-34)53(71)72-31(2)44(48(66)55-37)56-49(67)46-41(63)15-10-22-54-46;1-7-37(8-2)16-17-48(44,45)28-13-15-38-31(28)34(43)47-32(22(3)4)24(6)11-12-29(41)35-14-9-10-23(5)18-25(39)19-26(40)20-30-36-27(21-46-30)33(38)42/h7-10,12-13,15-19,22,31,33,35,37-40,43-45,63H,6,11,14,20-21,23-30H2,1-5H3,(H,55,66)(H,56,67)(H,57,65);9-12,18,21-22,24-25,28,31-32,39H,7-8,13-17,19-20H2,1-6H3,(H,35,41). The van der Waals surface area contributed by atoms with Crippen molar-refractivity contribution in [3.8, 4) is 5.75 Å². The highest BCUT2D eigenvalue weighted by Crippen LogP contribution is 2.38. The van der Waals surface area contributed by atoms with Crippen LogP contribution in [0.4, 0.5) is 5.69 Å². The molecule has 7 saturated heterocycles. The topological polar surface area (TPSA) is 408 Å². The zero-order valence-corrected chi connectivity index (χ0v) is 72.5. The number of hydrogen-bond donors (Lipinski definition) is 6. The number of allylic oxidation sites excluding steroid dienone is 2. The number of pyridine rings is 1. The average Bonchev–Trinajstić information content (AvgIpc) is 1.34. The van der Waals surface area contributed by atoms with Crippen LogP contribution in [-0.4, -0.2) is 292 Å². The molecule has 121 heavy (non-hydrogen) atoms. The summed E-state index contributed by atoms with van der Waals surface area (Å²) in [4.78, 5) is 190. The highest BCUT2D eigenvalue weighted by Gasteiger charge is 2.52. The van der Waals surface area contributed by atoms with Gasteiger partial charge in [0.1, 0.15) is 72.0 Å². The van der Waals surface area contributed by atoms with Crippen molar-refractivity contribution in [3.63, 3.8) is 0 Å². The molecule has 0 spiro atoms. The van der Waals surface area contributed by atoms with E-state index in [1.54, 1.807) is 81.1 Å². The SMILES string of the molecule is CCC1NC(=O)C(NC(=O)c2ncccc2O)C(C)OC(=O)C(c2ccccc2)NC(=O)C2CC(=O)C(CSC3CN4CCC3CC4)CN2C(=O)C(Cc2ccc(N(C)C)cc2)N(C)C(=O)C2CCCN2C1=O.CCN(CC)CCS(=O)(=O)C1CCN2C(=O)c3coc(n3)CC(=O)CC(O)C=C(C)C=CCNC(=O)C=CC(C)C(C(C)C)OC(=O)C12. The van der Waals surface area contributed by atoms with E-state index in [1.165, 1.54) is 59.2 Å². The number of nitrogens with one attached hydrogen (secondary N) is 4. The van der Waals surface area contributed by atoms with E-state index in [4.69, 9.17) is 13.9 Å². The molecule has 14 unspecified atom stereocenters. The number of aromatic hydroxyl groups is 1. The molecule has 0 saturated carbocycles. The van der Waals surface area contributed by atoms with Crippen LogP contribution in [0.15, 0.2) is 120 Å². The first kappa shape index (κ1) is 93.1. The first-order valence-corrected chi connectivity index (χ1v) is 44.7. The van der Waals surface area contributed by atoms with Gasteiger partial charge in [0, 0.05) is 114 Å². The van der Waals surface area contributed by atoms with Crippen molar-refractivity contribution in [2.24, 2.45) is 23.7 Å². The Morgan fingerprint density at radius 3 is 2.17 bits per heavy atom. The summed E-state index contributed by atoms with van der Waals surface area (Å²) < 4.78 is 44.9. The van der Waals surface area contributed by atoms with Crippen LogP contribution in [0.2, 0.25) is 0 Å². The van der Waals surface area contributed by atoms with Crippen molar-refractivity contribution in [3.05, 3.63) is 144 Å². The molecule has 8 amide bonds. The van der Waals surface area contributed by atoms with Crippen LogP contribution in [0.5, 0.6) is 5.75 Å². The fraction of sp³-hybridized carbons (Fsp3) is 0.563. The Hall–Kier alpha value is -10.2. The molecular formula is C87H117N13O19S2. The van der Waals surface area contributed by atoms with Gasteiger partial charge in [-0.05, 0) is 132 Å². The summed E-state index contributed by atoms with van der Waals surface area (Å²) in [5, 5.41) is 30.8. The second-order valence-electron chi connectivity index (χ2n) is 32.8. The Kier molecular flexibility index (Phi) is 32.8. The number of hydrogen-bond acceptors (Lipinski definition) is 25. The number of thioether (sulfide) groups is 1. The lowest BCUT2D eigenvalue weighted by molar-refractivity contribution is -0.158. The van der Waals surface area contributed by atoms with Gasteiger partial charge >= 0.3 is 11.9 Å². The Labute approximate surface area is 711 Å². The molecule has 4 bridgehead atoms. The van der Waals surface area contributed by atoms with Gasteiger partial charge in [0.25, 0.3) is 11.8 Å². The molecule has 10 heterocycles. The van der Waals surface area contributed by atoms with Crippen molar-refractivity contribution in [1.29, 1.82) is 0 Å². The van der Waals surface area contributed by atoms with Crippen molar-refractivity contribution in [2.45, 2.75) is 191 Å². The molecule has 0 radical (unpaired) electrons. The van der Waals surface area contributed by atoms with Crippen LogP contribution >= 0.6 is 11.8 Å². The minimum absolute atomic E-state index is 0.0243. The number of amides is 8. The molecule has 2 aromatic heterocycles. The van der Waals surface area contributed by atoms with E-state index in [0.717, 1.165) is 54.9 Å². The maximum atomic E-state index is 15.7. The number of likely N-dealkylation sites (N-methyl/N-ethyl adjacent to an activating group) is 1. The summed E-state index contributed by atoms with van der Waals surface area (Å²) in [6.07, 6.45) is 9.09. The summed E-state index contributed by atoms with van der Waals surface area (Å²) in [6, 6.07) is 8.81. The first-order valence-electron chi connectivity index (χ1n) is 41.9. The zero-order valence-electron chi connectivity index (χ0n) is 70.9. The Balaban J connectivity index is 0.000000278. The summed E-state index contributed by atoms with van der Waals surface area (Å²) in [6.45, 7) is 19.0. The van der Waals surface area contributed by atoms with E-state index in [9.17, 15) is 61.8 Å². The molecule has 6 N–H and O–H groups in total. The van der Waals surface area contributed by atoms with Crippen LogP contribution in [0.1, 0.15) is 151 Å². The number of ether oxygens (including phenoxy) is 2. The Morgan fingerprint density at radius 1 is 0.785 bits per heavy atom. The molecule has 4 aromatic rings. The number of aromatic nitrogens is 2. The molecule has 12 rings (SSSR count). The fourth-order valence-electron chi connectivity index (χ4n) is 16.8. The van der Waals surface area contributed by atoms with Gasteiger partial charge in [-0.25, -0.2) is 28.0 Å². The molecule has 7 fully saturated rings. The molecule has 656 valence electrons. The number of benzene rings is 2. The monoisotopic (exact) mass is 1710 g/mol. The summed E-state index contributed by atoms with van der Waals surface area (Å²) in [7, 11) is 1.46. The number of carbonyl (C=O) groups is 12. The third kappa shape index (κ3) is 23.8. The number of ketones is 2. The maximum Gasteiger partial charge on any atom is 0.333 e. The molecule has 8 aliphatic rings. The smallest absolute Gasteiger partial charge is 0.333 e. The Morgan fingerprint density at radius 2 is 1.50 bits per heavy atom. The van der Waals surface area contributed by atoms with Crippen LogP contribution in [0.3, 0.4) is 0 Å². The molecule has 8 aliphatic heterocycles. The molecular weight excluding hydrogens is 1600 g/mol. The normalized spacial score (nSPS) is 28.0. The van der Waals surface area contributed by atoms with Crippen LogP contribution in [0, 0.1) is 23.7 Å². The number of fused-ring (bicyclic) bond motifs is 8. The fourth-order valence-corrected chi connectivity index (χ4v) is 20.3. The van der Waals surface area contributed by atoms with E-state index in [2.05, 4.69) is 36.1 Å². The van der Waals surface area contributed by atoms with Crippen molar-refractivity contribution in [2.75, 3.05) is 103 Å². The highest BCUT2D eigenvalue weighted by molar-refractivity contribution is 8.00. The average molecular weight is 1710 g/mol. The van der Waals surface area contributed by atoms with Gasteiger partial charge in [-0.1, -0.05) is 114 Å².